The standard InChI is InChI=1S/C20H18O5/c1-10(2)15-9-20(19(23)25-15)11(3)8-14-16(18(20)22)17(21)12-6-4-5-7-13(12)24-14/h4-7,11,15H,1,8-9H2,2-3H3/t11-,15-,20-/m0/s1. The third kappa shape index (κ3) is 1.98. The Kier molecular flexibility index (Phi) is 3.26. The number of ether oxygens (including phenoxy) is 1. The van der Waals surface area contributed by atoms with E-state index in [0.717, 1.165) is 0 Å². The maximum atomic E-state index is 13.3. The lowest BCUT2D eigenvalue weighted by Gasteiger charge is -2.34. The van der Waals surface area contributed by atoms with E-state index in [1.165, 1.54) is 0 Å². The summed E-state index contributed by atoms with van der Waals surface area (Å²) in [5.41, 5.74) is -0.554. The monoisotopic (exact) mass is 338 g/mol. The molecule has 128 valence electrons. The van der Waals surface area contributed by atoms with Gasteiger partial charge < -0.3 is 9.15 Å². The van der Waals surface area contributed by atoms with E-state index in [-0.39, 0.29) is 23.3 Å². The van der Waals surface area contributed by atoms with Crippen molar-refractivity contribution in [3.63, 3.8) is 0 Å². The molecule has 1 aliphatic carbocycles. The van der Waals surface area contributed by atoms with Gasteiger partial charge in [0.15, 0.2) is 5.78 Å². The van der Waals surface area contributed by atoms with Gasteiger partial charge in [0.25, 0.3) is 0 Å². The average molecular weight is 338 g/mol. The van der Waals surface area contributed by atoms with Crippen LogP contribution in [0, 0.1) is 11.3 Å². The second-order valence-corrected chi connectivity index (χ2v) is 7.08. The molecule has 3 atom stereocenters. The van der Waals surface area contributed by atoms with Gasteiger partial charge in [0.1, 0.15) is 28.4 Å². The summed E-state index contributed by atoms with van der Waals surface area (Å²) in [5.74, 6) is -0.988. The molecule has 1 aromatic carbocycles. The van der Waals surface area contributed by atoms with Gasteiger partial charge in [-0.05, 0) is 30.5 Å². The highest BCUT2D eigenvalue weighted by Crippen LogP contribution is 2.49. The quantitative estimate of drug-likeness (QED) is 0.454. The number of benzene rings is 1. The van der Waals surface area contributed by atoms with Crippen LogP contribution in [0.1, 0.15) is 36.4 Å². The topological polar surface area (TPSA) is 73.6 Å². The zero-order valence-corrected chi connectivity index (χ0v) is 14.1. The number of hydrogen-bond acceptors (Lipinski definition) is 5. The Balaban J connectivity index is 1.94. The van der Waals surface area contributed by atoms with Crippen LogP contribution in [0.15, 0.2) is 45.6 Å². The first-order valence-corrected chi connectivity index (χ1v) is 8.32. The maximum absolute atomic E-state index is 13.3. The van der Waals surface area contributed by atoms with Gasteiger partial charge in [0.05, 0.1) is 5.39 Å². The van der Waals surface area contributed by atoms with E-state index in [1.807, 2.05) is 6.92 Å². The Morgan fingerprint density at radius 1 is 1.24 bits per heavy atom. The molecule has 0 N–H and O–H groups in total. The molecule has 0 radical (unpaired) electrons. The van der Waals surface area contributed by atoms with Crippen LogP contribution in [-0.4, -0.2) is 17.9 Å². The van der Waals surface area contributed by atoms with Crippen molar-refractivity contribution < 1.29 is 18.7 Å². The van der Waals surface area contributed by atoms with Crippen LogP contribution in [0.3, 0.4) is 0 Å². The molecule has 0 unspecified atom stereocenters. The lowest BCUT2D eigenvalue weighted by molar-refractivity contribution is -0.147. The normalized spacial score (nSPS) is 28.2. The molecule has 25 heavy (non-hydrogen) atoms. The molecule has 1 fully saturated rings. The molecule has 1 aromatic heterocycles. The number of fused-ring (bicyclic) bond motifs is 2. The SMILES string of the molecule is C=C(C)[C@@H]1C[C@@]2(C(=O)O1)C(=O)c1c(oc3ccccc3c1=O)C[C@@H]2C. The van der Waals surface area contributed by atoms with Crippen molar-refractivity contribution in [1.82, 2.24) is 0 Å². The molecule has 2 aliphatic rings. The van der Waals surface area contributed by atoms with E-state index in [0.29, 0.717) is 28.7 Å². The highest BCUT2D eigenvalue weighted by molar-refractivity contribution is 6.15. The number of Topliss-reactive ketones (excluding diaryl/α,β-unsaturated/α-hetero) is 1. The lowest BCUT2D eigenvalue weighted by atomic mass is 9.63. The van der Waals surface area contributed by atoms with Crippen LogP contribution >= 0.6 is 0 Å². The van der Waals surface area contributed by atoms with Gasteiger partial charge in [-0.1, -0.05) is 25.6 Å². The zero-order chi connectivity index (χ0) is 17.9. The van der Waals surface area contributed by atoms with Crippen LogP contribution in [0.2, 0.25) is 0 Å². The van der Waals surface area contributed by atoms with Crippen molar-refractivity contribution in [2.75, 3.05) is 0 Å². The first-order valence-electron chi connectivity index (χ1n) is 8.32. The third-order valence-corrected chi connectivity index (χ3v) is 5.51. The number of ketones is 1. The van der Waals surface area contributed by atoms with Gasteiger partial charge in [0.2, 0.25) is 5.43 Å². The number of carbonyl (C=O) groups is 2. The summed E-state index contributed by atoms with van der Waals surface area (Å²) >= 11 is 0. The van der Waals surface area contributed by atoms with Gasteiger partial charge in [-0.3, -0.25) is 14.4 Å². The maximum Gasteiger partial charge on any atom is 0.321 e. The number of esters is 1. The Morgan fingerprint density at radius 3 is 2.64 bits per heavy atom. The summed E-state index contributed by atoms with van der Waals surface area (Å²) in [5, 5.41) is 0.349. The van der Waals surface area contributed by atoms with E-state index >= 15 is 0 Å². The molecule has 5 heteroatoms. The summed E-state index contributed by atoms with van der Waals surface area (Å²) in [7, 11) is 0. The molecule has 1 spiro atoms. The third-order valence-electron chi connectivity index (χ3n) is 5.51. The van der Waals surface area contributed by atoms with E-state index in [2.05, 4.69) is 6.58 Å². The van der Waals surface area contributed by atoms with E-state index < -0.39 is 23.3 Å². The van der Waals surface area contributed by atoms with Gasteiger partial charge in [-0.2, -0.15) is 0 Å². The number of carbonyl (C=O) groups excluding carboxylic acids is 2. The molecule has 0 bridgehead atoms. The molecule has 4 rings (SSSR count). The Hall–Kier alpha value is -2.69. The van der Waals surface area contributed by atoms with Crippen molar-refractivity contribution >= 4 is 22.7 Å². The second-order valence-electron chi connectivity index (χ2n) is 7.08. The fourth-order valence-electron chi connectivity index (χ4n) is 3.98. The van der Waals surface area contributed by atoms with Crippen molar-refractivity contribution in [2.24, 2.45) is 11.3 Å². The number of hydrogen-bond donors (Lipinski definition) is 0. The summed E-state index contributed by atoms with van der Waals surface area (Å²) in [4.78, 5) is 38.9. The predicted molar refractivity (Wildman–Crippen MR) is 91.4 cm³/mol. The highest BCUT2D eigenvalue weighted by Gasteiger charge is 2.61. The minimum atomic E-state index is -1.33. The minimum Gasteiger partial charge on any atom is -0.460 e. The molecule has 0 amide bonds. The van der Waals surface area contributed by atoms with Crippen LogP contribution in [0.4, 0.5) is 0 Å². The molecule has 1 aliphatic heterocycles. The lowest BCUT2D eigenvalue weighted by Crippen LogP contribution is -2.48. The van der Waals surface area contributed by atoms with Crippen LogP contribution in [0.25, 0.3) is 11.0 Å². The van der Waals surface area contributed by atoms with Crippen molar-refractivity contribution in [3.05, 3.63) is 58.0 Å². The molecule has 2 aromatic rings. The molecule has 0 saturated carbocycles. The Bertz CT molecular complexity index is 999. The first-order chi connectivity index (χ1) is 11.9. The summed E-state index contributed by atoms with van der Waals surface area (Å²) < 4.78 is 11.2. The second kappa shape index (κ2) is 5.15. The summed E-state index contributed by atoms with van der Waals surface area (Å²) in [6.45, 7) is 7.43. The van der Waals surface area contributed by atoms with Gasteiger partial charge in [-0.15, -0.1) is 0 Å². The van der Waals surface area contributed by atoms with Crippen LogP contribution in [0.5, 0.6) is 0 Å². The Labute approximate surface area is 144 Å². The van der Waals surface area contributed by atoms with E-state index in [9.17, 15) is 14.4 Å². The largest absolute Gasteiger partial charge is 0.460 e. The number of para-hydroxylation sites is 1. The van der Waals surface area contributed by atoms with Gasteiger partial charge in [-0.25, -0.2) is 0 Å². The van der Waals surface area contributed by atoms with E-state index in [4.69, 9.17) is 9.15 Å². The van der Waals surface area contributed by atoms with Crippen molar-refractivity contribution in [1.29, 1.82) is 0 Å². The fraction of sp³-hybridized carbons (Fsp3) is 0.350. The summed E-state index contributed by atoms with van der Waals surface area (Å²) in [6.07, 6.45) is 0.0828. The summed E-state index contributed by atoms with van der Waals surface area (Å²) in [6, 6.07) is 6.83. The van der Waals surface area contributed by atoms with Crippen molar-refractivity contribution in [3.8, 4) is 0 Å². The smallest absolute Gasteiger partial charge is 0.321 e. The number of cyclic esters (lactones) is 1. The molecule has 2 heterocycles. The van der Waals surface area contributed by atoms with Gasteiger partial charge in [0, 0.05) is 12.8 Å². The van der Waals surface area contributed by atoms with Crippen LogP contribution in [-0.2, 0) is 16.0 Å². The Morgan fingerprint density at radius 2 is 1.96 bits per heavy atom. The number of rotatable bonds is 1. The van der Waals surface area contributed by atoms with Crippen molar-refractivity contribution in [2.45, 2.75) is 32.8 Å². The van der Waals surface area contributed by atoms with E-state index in [1.54, 1.807) is 31.2 Å². The average Bonchev–Trinajstić information content (AvgIpc) is 2.92. The predicted octanol–water partition coefficient (Wildman–Crippen LogP) is 3.05. The molecular formula is C20H18O5. The zero-order valence-electron chi connectivity index (χ0n) is 14.1. The first kappa shape index (κ1) is 15.8. The van der Waals surface area contributed by atoms with Gasteiger partial charge >= 0.3 is 5.97 Å². The molecule has 1 saturated heterocycles. The molecule has 5 nitrogen and oxygen atoms in total. The highest BCUT2D eigenvalue weighted by atomic mass is 16.6. The molecular weight excluding hydrogens is 320 g/mol. The van der Waals surface area contributed by atoms with Crippen LogP contribution < -0.4 is 5.43 Å². The minimum absolute atomic E-state index is 0.00360. The fourth-order valence-corrected chi connectivity index (χ4v) is 3.98.